The summed E-state index contributed by atoms with van der Waals surface area (Å²) in [5.41, 5.74) is 3.70. The molecule has 0 aliphatic carbocycles. The molecule has 1 atom stereocenters. The number of carbonyl (C=O) groups excluding carboxylic acids is 1. The number of hydrogen-bond acceptors (Lipinski definition) is 5. The summed E-state index contributed by atoms with van der Waals surface area (Å²) in [4.78, 5) is 17.0. The van der Waals surface area contributed by atoms with Gasteiger partial charge in [0.25, 0.3) is 0 Å². The van der Waals surface area contributed by atoms with E-state index in [1.54, 1.807) is 7.11 Å². The van der Waals surface area contributed by atoms with Crippen molar-refractivity contribution in [1.29, 1.82) is 0 Å². The van der Waals surface area contributed by atoms with Crippen LogP contribution < -0.4 is 19.5 Å². The van der Waals surface area contributed by atoms with Gasteiger partial charge in [0.2, 0.25) is 18.4 Å². The van der Waals surface area contributed by atoms with Gasteiger partial charge in [0.05, 0.1) is 25.0 Å². The Kier molecular flexibility index (Phi) is 3.28. The molecule has 1 N–H and O–H groups in total. The molecular weight excluding hydrogens is 334 g/mol. The summed E-state index contributed by atoms with van der Waals surface area (Å²) in [6.45, 7) is 0.592. The van der Waals surface area contributed by atoms with Gasteiger partial charge in [0.1, 0.15) is 5.65 Å². The lowest BCUT2D eigenvalue weighted by Crippen LogP contribution is -2.21. The lowest BCUT2D eigenvalue weighted by molar-refractivity contribution is -0.121. The maximum Gasteiger partial charge on any atom is 0.231 e. The van der Waals surface area contributed by atoms with Gasteiger partial charge in [-0.15, -0.1) is 0 Å². The molecule has 1 amide bonds. The van der Waals surface area contributed by atoms with E-state index in [-0.39, 0.29) is 18.6 Å². The zero-order chi connectivity index (χ0) is 17.7. The fraction of sp³-hybridized carbons (Fsp3) is 0.263. The van der Waals surface area contributed by atoms with Crippen LogP contribution in [0.2, 0.25) is 0 Å². The van der Waals surface area contributed by atoms with Crippen molar-refractivity contribution in [1.82, 2.24) is 14.7 Å². The minimum atomic E-state index is -0.159. The molecule has 0 radical (unpaired) electrons. The van der Waals surface area contributed by atoms with E-state index in [2.05, 4.69) is 9.72 Å². The van der Waals surface area contributed by atoms with Crippen molar-refractivity contribution < 1.29 is 19.0 Å². The smallest absolute Gasteiger partial charge is 0.231 e. The molecule has 7 heteroatoms. The molecule has 5 rings (SSSR count). The van der Waals surface area contributed by atoms with Gasteiger partial charge in [0, 0.05) is 18.5 Å². The Bertz CT molecular complexity index is 1030. The molecule has 0 bridgehead atoms. The molecule has 2 aromatic heterocycles. The zero-order valence-corrected chi connectivity index (χ0v) is 14.2. The van der Waals surface area contributed by atoms with E-state index >= 15 is 0 Å². The molecular formula is C19H17N3O4. The first-order valence-electron chi connectivity index (χ1n) is 8.44. The number of ether oxygens (including phenoxy) is 3. The second-order valence-corrected chi connectivity index (χ2v) is 6.36. The Balaban J connectivity index is 1.73. The highest BCUT2D eigenvalue weighted by atomic mass is 16.7. The molecule has 4 heterocycles. The minimum Gasteiger partial charge on any atom is -0.493 e. The summed E-state index contributed by atoms with van der Waals surface area (Å²) >= 11 is 0. The van der Waals surface area contributed by atoms with E-state index in [4.69, 9.17) is 19.2 Å². The Labute approximate surface area is 149 Å². The van der Waals surface area contributed by atoms with E-state index in [0.717, 1.165) is 22.6 Å². The number of pyridine rings is 1. The SMILES string of the molecule is COc1cc([C@H]2CC(=O)NCc3nc4ccccn4c32)cc2c1OCO2. The van der Waals surface area contributed by atoms with Crippen LogP contribution in [-0.2, 0) is 11.3 Å². The second kappa shape index (κ2) is 5.66. The van der Waals surface area contributed by atoms with Crippen molar-refractivity contribution >= 4 is 11.6 Å². The van der Waals surface area contributed by atoms with Crippen LogP contribution in [0.15, 0.2) is 36.5 Å². The van der Waals surface area contributed by atoms with Crippen LogP contribution in [0.25, 0.3) is 5.65 Å². The summed E-state index contributed by atoms with van der Waals surface area (Å²) in [5, 5.41) is 2.94. The molecule has 2 aliphatic heterocycles. The topological polar surface area (TPSA) is 74.1 Å². The van der Waals surface area contributed by atoms with E-state index < -0.39 is 0 Å². The molecule has 26 heavy (non-hydrogen) atoms. The normalized spacial score (nSPS) is 18.3. The molecule has 0 saturated heterocycles. The Morgan fingerprint density at radius 1 is 1.31 bits per heavy atom. The summed E-state index contributed by atoms with van der Waals surface area (Å²) in [6, 6.07) is 9.74. The van der Waals surface area contributed by atoms with Crippen LogP contribution in [-0.4, -0.2) is 29.2 Å². The maximum absolute atomic E-state index is 12.3. The molecule has 0 saturated carbocycles. The third-order valence-electron chi connectivity index (χ3n) is 4.90. The van der Waals surface area contributed by atoms with Gasteiger partial charge in [-0.05, 0) is 29.8 Å². The maximum atomic E-state index is 12.3. The highest BCUT2D eigenvalue weighted by molar-refractivity contribution is 5.78. The van der Waals surface area contributed by atoms with E-state index in [0.29, 0.717) is 30.2 Å². The van der Waals surface area contributed by atoms with Crippen LogP contribution in [0.5, 0.6) is 17.2 Å². The van der Waals surface area contributed by atoms with Crippen molar-refractivity contribution in [3.8, 4) is 17.2 Å². The summed E-state index contributed by atoms with van der Waals surface area (Å²) in [7, 11) is 1.60. The number of amides is 1. The average molecular weight is 351 g/mol. The first kappa shape index (κ1) is 15.1. The number of nitrogens with zero attached hydrogens (tertiary/aromatic N) is 2. The van der Waals surface area contributed by atoms with Gasteiger partial charge in [0.15, 0.2) is 11.5 Å². The highest BCUT2D eigenvalue weighted by Crippen LogP contribution is 2.45. The largest absolute Gasteiger partial charge is 0.493 e. The number of aromatic nitrogens is 2. The van der Waals surface area contributed by atoms with Crippen LogP contribution >= 0.6 is 0 Å². The van der Waals surface area contributed by atoms with Gasteiger partial charge < -0.3 is 23.9 Å². The molecule has 0 fully saturated rings. The Morgan fingerprint density at radius 3 is 3.12 bits per heavy atom. The number of methoxy groups -OCH3 is 1. The Hall–Kier alpha value is -3.22. The number of carbonyl (C=O) groups is 1. The van der Waals surface area contributed by atoms with Gasteiger partial charge >= 0.3 is 0 Å². The third-order valence-corrected chi connectivity index (χ3v) is 4.90. The minimum absolute atomic E-state index is 0.00526. The van der Waals surface area contributed by atoms with Crippen molar-refractivity contribution in [2.24, 2.45) is 0 Å². The molecule has 0 spiro atoms. The van der Waals surface area contributed by atoms with Gasteiger partial charge in [-0.3, -0.25) is 4.79 Å². The second-order valence-electron chi connectivity index (χ2n) is 6.36. The van der Waals surface area contributed by atoms with Gasteiger partial charge in [-0.2, -0.15) is 0 Å². The molecule has 1 aromatic carbocycles. The molecule has 7 nitrogen and oxygen atoms in total. The summed E-state index contributed by atoms with van der Waals surface area (Å²) in [6.07, 6.45) is 2.31. The lowest BCUT2D eigenvalue weighted by Gasteiger charge is -2.17. The number of nitrogens with one attached hydrogen (secondary N) is 1. The van der Waals surface area contributed by atoms with Crippen LogP contribution in [0.4, 0.5) is 0 Å². The van der Waals surface area contributed by atoms with E-state index in [1.807, 2.05) is 36.5 Å². The predicted molar refractivity (Wildman–Crippen MR) is 92.6 cm³/mol. The molecule has 0 unspecified atom stereocenters. The standard InChI is InChI=1S/C19H17N3O4/c1-24-14-6-11(7-15-19(14)26-10-25-15)12-8-17(23)20-9-13-18(12)22-5-3-2-4-16(22)21-13/h2-7,12H,8-10H2,1H3,(H,20,23)/t12-/m1/s1. The summed E-state index contributed by atoms with van der Waals surface area (Å²) < 4.78 is 18.6. The zero-order valence-electron chi connectivity index (χ0n) is 14.2. The van der Waals surface area contributed by atoms with Gasteiger partial charge in [-0.25, -0.2) is 4.98 Å². The highest BCUT2D eigenvalue weighted by Gasteiger charge is 2.31. The van der Waals surface area contributed by atoms with Crippen molar-refractivity contribution in [2.75, 3.05) is 13.9 Å². The third kappa shape index (κ3) is 2.20. The van der Waals surface area contributed by atoms with Crippen LogP contribution in [0, 0.1) is 0 Å². The Morgan fingerprint density at radius 2 is 2.23 bits per heavy atom. The number of rotatable bonds is 2. The predicted octanol–water partition coefficient (Wildman–Crippen LogP) is 2.22. The average Bonchev–Trinajstić information content (AvgIpc) is 3.24. The number of benzene rings is 1. The van der Waals surface area contributed by atoms with Crippen molar-refractivity contribution in [3.05, 3.63) is 53.5 Å². The van der Waals surface area contributed by atoms with E-state index in [9.17, 15) is 4.79 Å². The fourth-order valence-electron chi connectivity index (χ4n) is 3.73. The summed E-state index contributed by atoms with van der Waals surface area (Å²) in [5.74, 6) is 1.68. The molecule has 132 valence electrons. The van der Waals surface area contributed by atoms with E-state index in [1.165, 1.54) is 0 Å². The lowest BCUT2D eigenvalue weighted by atomic mass is 9.91. The molecule has 2 aliphatic rings. The number of fused-ring (bicyclic) bond motifs is 4. The van der Waals surface area contributed by atoms with Gasteiger partial charge in [-0.1, -0.05) is 6.07 Å². The number of hydrogen-bond donors (Lipinski definition) is 1. The molecule has 3 aromatic rings. The monoisotopic (exact) mass is 351 g/mol. The number of imidazole rings is 1. The first-order chi connectivity index (χ1) is 12.7. The van der Waals surface area contributed by atoms with Crippen molar-refractivity contribution in [2.45, 2.75) is 18.9 Å². The van der Waals surface area contributed by atoms with Crippen molar-refractivity contribution in [3.63, 3.8) is 0 Å². The van der Waals surface area contributed by atoms with Crippen LogP contribution in [0.1, 0.15) is 29.3 Å². The fourth-order valence-corrected chi connectivity index (χ4v) is 3.73. The quantitative estimate of drug-likeness (QED) is 0.766. The van der Waals surface area contributed by atoms with Crippen LogP contribution in [0.3, 0.4) is 0 Å². The first-order valence-corrected chi connectivity index (χ1v) is 8.44.